The highest BCUT2D eigenvalue weighted by Crippen LogP contribution is 2.52. The van der Waals surface area contributed by atoms with Crippen LogP contribution in [0.3, 0.4) is 0 Å². The molecule has 0 N–H and O–H groups in total. The van der Waals surface area contributed by atoms with Gasteiger partial charge in [-0.15, -0.1) is 0 Å². The van der Waals surface area contributed by atoms with Gasteiger partial charge in [-0.05, 0) is 186 Å². The molecule has 14 rings (SSSR count). The van der Waals surface area contributed by atoms with Crippen LogP contribution in [-0.2, 0) is 0 Å². The second-order valence-electron chi connectivity index (χ2n) is 18.6. The largest absolute Gasteiger partial charge is 0.244 e. The third-order valence-corrected chi connectivity index (χ3v) is 15.2. The molecule has 0 spiro atoms. The van der Waals surface area contributed by atoms with E-state index in [2.05, 4.69) is 175 Å². The number of rotatable bonds is 2. The highest BCUT2D eigenvalue weighted by atomic mass is 14.3. The van der Waals surface area contributed by atoms with E-state index in [9.17, 15) is 0 Å². The first-order chi connectivity index (χ1) is 29.3. The average Bonchev–Trinajstić information content (AvgIpc) is 3.75. The average molecular weight is 759 g/mol. The summed E-state index contributed by atoms with van der Waals surface area (Å²) in [4.78, 5) is 0. The summed E-state index contributed by atoms with van der Waals surface area (Å²) in [5, 5.41) is 8.52. The molecule has 0 radical (unpaired) electrons. The van der Waals surface area contributed by atoms with Gasteiger partial charge in [0.15, 0.2) is 0 Å². The fraction of sp³-hybridized carbons (Fsp3) is 0.103. The summed E-state index contributed by atoms with van der Waals surface area (Å²) >= 11 is 0. The van der Waals surface area contributed by atoms with Crippen molar-refractivity contribution in [1.29, 1.82) is 0 Å². The van der Waals surface area contributed by atoms with E-state index >= 15 is 0 Å². The van der Waals surface area contributed by atoms with E-state index in [4.69, 9.17) is 0 Å². The summed E-state index contributed by atoms with van der Waals surface area (Å²) in [6.07, 6.45) is 0. The van der Waals surface area contributed by atoms with Crippen LogP contribution in [-0.4, -0.2) is 13.4 Å². The summed E-state index contributed by atoms with van der Waals surface area (Å²) in [5.74, 6) is 0. The van der Waals surface area contributed by atoms with Gasteiger partial charge in [-0.3, -0.25) is 0 Å². The smallest absolute Gasteiger partial charge is 0.0664 e. The topological polar surface area (TPSA) is 0 Å². The molecule has 4 aliphatic heterocycles. The molecular weight excluding hydrogens is 718 g/mol. The number of fused-ring (bicyclic) bond motifs is 10. The van der Waals surface area contributed by atoms with Crippen molar-refractivity contribution >= 4 is 78.5 Å². The predicted octanol–water partition coefficient (Wildman–Crippen LogP) is 10.7. The molecule has 0 saturated carbocycles. The lowest BCUT2D eigenvalue weighted by Crippen LogP contribution is -2.53. The molecule has 0 aliphatic carbocycles. The zero-order valence-corrected chi connectivity index (χ0v) is 34.9. The lowest BCUT2D eigenvalue weighted by Gasteiger charge is -2.33. The van der Waals surface area contributed by atoms with Gasteiger partial charge in [0.05, 0.1) is 0 Å². The van der Waals surface area contributed by atoms with Gasteiger partial charge < -0.3 is 0 Å². The highest BCUT2D eigenvalue weighted by molar-refractivity contribution is 7.03. The van der Waals surface area contributed by atoms with Crippen LogP contribution in [0, 0.1) is 41.5 Å². The Balaban J connectivity index is 1.28. The van der Waals surface area contributed by atoms with Gasteiger partial charge in [-0.25, -0.2) is 0 Å². The molecule has 0 bridgehead atoms. The quantitative estimate of drug-likeness (QED) is 0.122. The minimum Gasteiger partial charge on any atom is -0.0664 e. The number of hydrogen-bond acceptors (Lipinski definition) is 0. The fourth-order valence-electron chi connectivity index (χ4n) is 13.1. The van der Waals surface area contributed by atoms with Crippen molar-refractivity contribution in [1.82, 2.24) is 0 Å². The molecule has 278 valence electrons. The SMILES string of the molecule is Cc1cc2c3c(c1)-c1cc(-c4c(C)cccc4C)c4cc5c6c(cc(-c7c(C)cccc7C)c7cc(c1c4c76)B3c1ccccc1-2)-c1cc(C)cc2c1B5c1ccccc1-2. The van der Waals surface area contributed by atoms with Crippen LogP contribution in [0.2, 0.25) is 0 Å². The first-order valence-corrected chi connectivity index (χ1v) is 21.7. The van der Waals surface area contributed by atoms with Crippen LogP contribution in [0.1, 0.15) is 33.4 Å². The first-order valence-electron chi connectivity index (χ1n) is 21.7. The number of aryl methyl sites for hydroxylation is 6. The molecule has 4 aliphatic rings. The number of benzene rings is 10. The van der Waals surface area contributed by atoms with Gasteiger partial charge in [0.1, 0.15) is 0 Å². The maximum Gasteiger partial charge on any atom is 0.244 e. The lowest BCUT2D eigenvalue weighted by atomic mass is 9.34. The van der Waals surface area contributed by atoms with E-state index in [1.54, 1.807) is 0 Å². The third kappa shape index (κ3) is 3.88. The van der Waals surface area contributed by atoms with E-state index in [1.807, 2.05) is 0 Å². The molecule has 10 aromatic rings. The summed E-state index contributed by atoms with van der Waals surface area (Å²) < 4.78 is 0. The normalized spacial score (nSPS) is 13.4. The van der Waals surface area contributed by atoms with Gasteiger partial charge >= 0.3 is 0 Å². The molecule has 0 nitrogen and oxygen atoms in total. The summed E-state index contributed by atoms with van der Waals surface area (Å²) in [7, 11) is 0. The molecule has 0 aromatic heterocycles. The molecule has 60 heavy (non-hydrogen) atoms. The molecule has 4 heterocycles. The highest BCUT2D eigenvalue weighted by Gasteiger charge is 2.44. The monoisotopic (exact) mass is 758 g/mol. The molecular formula is C58H40B2. The standard InChI is InChI=1S/C58H40B2/c1-29-21-43-35-17-7-9-19-47(35)59-49-27-42-38(52-33(5)15-12-16-34(52)6)26-40-46-24-30(2)22-44-36-18-8-10-20-48(36)60(58(44)46)50-28-41-37(51-31(3)13-11-14-32(51)4)25-39(45(23-29)57(43)59)53(49)55(41)56(42)54(40)50/h7-28H,1-6H3. The molecule has 10 aromatic carbocycles. The van der Waals surface area contributed by atoms with Crippen molar-refractivity contribution in [3.05, 3.63) is 167 Å². The van der Waals surface area contributed by atoms with E-state index < -0.39 is 0 Å². The Morgan fingerprint density at radius 1 is 0.283 bits per heavy atom. The van der Waals surface area contributed by atoms with Crippen LogP contribution >= 0.6 is 0 Å². The van der Waals surface area contributed by atoms with Crippen molar-refractivity contribution in [2.24, 2.45) is 0 Å². The Bertz CT molecular complexity index is 3390. The van der Waals surface area contributed by atoms with Gasteiger partial charge in [0, 0.05) is 0 Å². The van der Waals surface area contributed by atoms with Crippen LogP contribution in [0.15, 0.2) is 133 Å². The van der Waals surface area contributed by atoms with Crippen LogP contribution < -0.4 is 32.8 Å². The van der Waals surface area contributed by atoms with Gasteiger partial charge in [-0.1, -0.05) is 154 Å². The Hall–Kier alpha value is -6.63. The molecule has 0 atom stereocenters. The zero-order valence-electron chi connectivity index (χ0n) is 34.9. The maximum absolute atomic E-state index is 2.67. The fourth-order valence-corrected chi connectivity index (χ4v) is 13.1. The number of hydrogen-bond donors (Lipinski definition) is 0. The third-order valence-electron chi connectivity index (χ3n) is 15.2. The molecule has 0 amide bonds. The molecule has 0 fully saturated rings. The Morgan fingerprint density at radius 3 is 1.05 bits per heavy atom. The van der Waals surface area contributed by atoms with Crippen LogP contribution in [0.5, 0.6) is 0 Å². The van der Waals surface area contributed by atoms with Crippen LogP contribution in [0.4, 0.5) is 0 Å². The Kier molecular flexibility index (Phi) is 6.17. The van der Waals surface area contributed by atoms with Gasteiger partial charge in [0.25, 0.3) is 0 Å². The summed E-state index contributed by atoms with van der Waals surface area (Å²) in [6.45, 7) is 14.2. The van der Waals surface area contributed by atoms with E-state index in [1.165, 1.54) is 165 Å². The van der Waals surface area contributed by atoms with Crippen molar-refractivity contribution in [3.8, 4) is 66.8 Å². The van der Waals surface area contributed by atoms with E-state index in [0.29, 0.717) is 0 Å². The molecule has 2 heteroatoms. The Morgan fingerprint density at radius 2 is 0.650 bits per heavy atom. The van der Waals surface area contributed by atoms with Crippen molar-refractivity contribution in [3.63, 3.8) is 0 Å². The molecule has 0 unspecified atom stereocenters. The van der Waals surface area contributed by atoms with Crippen molar-refractivity contribution < 1.29 is 0 Å². The summed E-state index contributed by atoms with van der Waals surface area (Å²) in [6, 6.07) is 52.7. The minimum absolute atomic E-state index is 0.169. The van der Waals surface area contributed by atoms with E-state index in [0.717, 1.165) is 0 Å². The second kappa shape index (κ2) is 11.1. The van der Waals surface area contributed by atoms with Gasteiger partial charge in [0.2, 0.25) is 13.4 Å². The maximum atomic E-state index is 2.67. The van der Waals surface area contributed by atoms with Crippen molar-refractivity contribution in [2.75, 3.05) is 0 Å². The first kappa shape index (κ1) is 33.2. The molecule has 0 saturated heterocycles. The Labute approximate surface area is 352 Å². The minimum atomic E-state index is 0.169. The zero-order chi connectivity index (χ0) is 40.0. The lowest BCUT2D eigenvalue weighted by molar-refractivity contribution is 1.38. The van der Waals surface area contributed by atoms with E-state index in [-0.39, 0.29) is 13.4 Å². The van der Waals surface area contributed by atoms with Crippen molar-refractivity contribution in [2.45, 2.75) is 41.5 Å². The van der Waals surface area contributed by atoms with Gasteiger partial charge in [-0.2, -0.15) is 0 Å². The predicted molar refractivity (Wildman–Crippen MR) is 260 cm³/mol. The van der Waals surface area contributed by atoms with Crippen LogP contribution in [0.25, 0.3) is 99.1 Å². The summed E-state index contributed by atoms with van der Waals surface area (Å²) in [5.41, 5.74) is 33.3. The second-order valence-corrected chi connectivity index (χ2v) is 18.6.